The van der Waals surface area contributed by atoms with Crippen LogP contribution in [0.5, 0.6) is 0 Å². The van der Waals surface area contributed by atoms with Crippen molar-refractivity contribution in [3.8, 4) is 0 Å². The Morgan fingerprint density at radius 1 is 0.929 bits per heavy atom. The summed E-state index contributed by atoms with van der Waals surface area (Å²) in [5.41, 5.74) is 3.09. The summed E-state index contributed by atoms with van der Waals surface area (Å²) in [6, 6.07) is 6.01. The molecule has 0 unspecified atom stereocenters. The van der Waals surface area contributed by atoms with E-state index >= 15 is 0 Å². The Morgan fingerprint density at radius 3 is 2.04 bits per heavy atom. The first kappa shape index (κ1) is 19.6. The van der Waals surface area contributed by atoms with Crippen LogP contribution in [0.2, 0.25) is 0 Å². The van der Waals surface area contributed by atoms with E-state index in [1.54, 1.807) is 22.5 Å². The van der Waals surface area contributed by atoms with Gasteiger partial charge < -0.3 is 4.90 Å². The van der Waals surface area contributed by atoms with Gasteiger partial charge in [0.15, 0.2) is 23.3 Å². The number of nitrogens with zero attached hydrogens (tertiary/aromatic N) is 1. The van der Waals surface area contributed by atoms with E-state index in [9.17, 15) is 31.5 Å². The lowest BCUT2D eigenvalue weighted by molar-refractivity contribution is -0.128. The number of halogens is 5. The Labute approximate surface area is 156 Å². The van der Waals surface area contributed by atoms with Crippen LogP contribution < -0.4 is 10.9 Å². The Balaban J connectivity index is 1.66. The molecule has 0 spiro atoms. The van der Waals surface area contributed by atoms with E-state index in [1.165, 1.54) is 12.1 Å². The molecule has 1 heterocycles. The number of amides is 2. The van der Waals surface area contributed by atoms with Gasteiger partial charge in [-0.1, -0.05) is 12.1 Å². The smallest absolute Gasteiger partial charge is 0.269 e. The second kappa shape index (κ2) is 7.83. The summed E-state index contributed by atoms with van der Waals surface area (Å²) in [4.78, 5) is 25.3. The average Bonchev–Trinajstić information content (AvgIpc) is 3.09. The fraction of sp³-hybridized carbons (Fsp3) is 0.222. The van der Waals surface area contributed by atoms with Gasteiger partial charge >= 0.3 is 0 Å². The van der Waals surface area contributed by atoms with Crippen LogP contribution in [0.4, 0.5) is 27.6 Å². The van der Waals surface area contributed by atoms with Gasteiger partial charge in [0.05, 0.1) is 0 Å². The van der Waals surface area contributed by atoms with Crippen molar-refractivity contribution in [3.63, 3.8) is 0 Å². The van der Waals surface area contributed by atoms with E-state index < -0.39 is 40.7 Å². The predicted molar refractivity (Wildman–Crippen MR) is 88.4 cm³/mol. The molecule has 10 heteroatoms. The fourth-order valence-electron chi connectivity index (χ4n) is 2.76. The molecule has 0 bridgehead atoms. The van der Waals surface area contributed by atoms with E-state index in [-0.39, 0.29) is 11.5 Å². The van der Waals surface area contributed by atoms with Crippen LogP contribution in [-0.4, -0.2) is 23.3 Å². The number of likely N-dealkylation sites (tertiary alicyclic amines) is 1. The molecule has 1 aliphatic rings. The largest absolute Gasteiger partial charge is 0.338 e. The minimum absolute atomic E-state index is 0.0498. The molecular formula is C18H14F5N3O2. The van der Waals surface area contributed by atoms with Crippen LogP contribution in [-0.2, 0) is 11.3 Å². The lowest BCUT2D eigenvalue weighted by atomic mass is 10.1. The van der Waals surface area contributed by atoms with Crippen LogP contribution >= 0.6 is 0 Å². The van der Waals surface area contributed by atoms with Crippen LogP contribution in [0.15, 0.2) is 24.3 Å². The number of hydrazine groups is 1. The molecule has 0 aliphatic carbocycles. The molecule has 1 fully saturated rings. The molecule has 28 heavy (non-hydrogen) atoms. The third kappa shape index (κ3) is 3.75. The highest BCUT2D eigenvalue weighted by Gasteiger charge is 2.26. The number of hydrogen-bond donors (Lipinski definition) is 2. The minimum Gasteiger partial charge on any atom is -0.338 e. The Kier molecular flexibility index (Phi) is 5.48. The van der Waals surface area contributed by atoms with Crippen LogP contribution in [0.3, 0.4) is 0 Å². The zero-order valence-corrected chi connectivity index (χ0v) is 14.3. The molecule has 0 saturated carbocycles. The summed E-state index contributed by atoms with van der Waals surface area (Å²) in [7, 11) is 0. The monoisotopic (exact) mass is 399 g/mol. The summed E-state index contributed by atoms with van der Waals surface area (Å²) in [6.07, 6.45) is 1.30. The summed E-state index contributed by atoms with van der Waals surface area (Å²) in [5, 5.41) is 0. The number of benzene rings is 2. The summed E-state index contributed by atoms with van der Waals surface area (Å²) < 4.78 is 66.4. The molecule has 0 radical (unpaired) electrons. The molecule has 148 valence electrons. The first-order valence-corrected chi connectivity index (χ1v) is 8.24. The summed E-state index contributed by atoms with van der Waals surface area (Å²) >= 11 is 0. The predicted octanol–water partition coefficient (Wildman–Crippen LogP) is 3.26. The molecule has 0 atom stereocenters. The standard InChI is InChI=1S/C18H14F5N3O2/c19-12-13(20)15(22)17(16(23)14(12)21)24-25-18(28)10-5-3-9(4-6-10)8-26-7-1-2-11(26)27/h3-6,24H,1-2,7-8H2,(H,25,28). The maximum atomic E-state index is 13.6. The second-order valence-electron chi connectivity index (χ2n) is 6.14. The molecule has 2 aromatic rings. The Morgan fingerprint density at radius 2 is 1.50 bits per heavy atom. The molecule has 2 aromatic carbocycles. The van der Waals surface area contributed by atoms with Gasteiger partial charge in [0.2, 0.25) is 11.7 Å². The van der Waals surface area contributed by atoms with Gasteiger partial charge in [0.1, 0.15) is 5.69 Å². The van der Waals surface area contributed by atoms with Gasteiger partial charge in [-0.2, -0.15) is 0 Å². The summed E-state index contributed by atoms with van der Waals surface area (Å²) in [6.45, 7) is 1.05. The molecular weight excluding hydrogens is 385 g/mol. The van der Waals surface area contributed by atoms with Crippen molar-refractivity contribution >= 4 is 17.5 Å². The quantitative estimate of drug-likeness (QED) is 0.351. The Hall–Kier alpha value is -3.17. The van der Waals surface area contributed by atoms with Gasteiger partial charge in [0.25, 0.3) is 5.91 Å². The molecule has 2 N–H and O–H groups in total. The number of anilines is 1. The third-order valence-electron chi connectivity index (χ3n) is 4.27. The number of hydrogen-bond acceptors (Lipinski definition) is 3. The zero-order chi connectivity index (χ0) is 20.4. The number of nitrogens with one attached hydrogen (secondary N) is 2. The maximum Gasteiger partial charge on any atom is 0.269 e. The van der Waals surface area contributed by atoms with Crippen LogP contribution in [0, 0.1) is 29.1 Å². The van der Waals surface area contributed by atoms with Crippen molar-refractivity contribution in [1.29, 1.82) is 0 Å². The highest BCUT2D eigenvalue weighted by Crippen LogP contribution is 2.26. The molecule has 2 amide bonds. The van der Waals surface area contributed by atoms with E-state index in [0.29, 0.717) is 19.5 Å². The maximum absolute atomic E-state index is 13.6. The van der Waals surface area contributed by atoms with Crippen molar-refractivity contribution in [1.82, 2.24) is 10.3 Å². The highest BCUT2D eigenvalue weighted by atomic mass is 19.2. The van der Waals surface area contributed by atoms with Crippen molar-refractivity contribution in [2.45, 2.75) is 19.4 Å². The first-order valence-electron chi connectivity index (χ1n) is 8.24. The number of carbonyl (C=O) groups is 2. The molecule has 1 saturated heterocycles. The SMILES string of the molecule is O=C(NNc1c(F)c(F)c(F)c(F)c1F)c1ccc(CN2CCCC2=O)cc1. The van der Waals surface area contributed by atoms with Gasteiger partial charge in [-0.05, 0) is 24.1 Å². The second-order valence-corrected chi connectivity index (χ2v) is 6.14. The van der Waals surface area contributed by atoms with Gasteiger partial charge in [-0.15, -0.1) is 0 Å². The van der Waals surface area contributed by atoms with Gasteiger partial charge in [0, 0.05) is 25.1 Å². The number of rotatable bonds is 5. The van der Waals surface area contributed by atoms with Gasteiger partial charge in [-0.25, -0.2) is 22.0 Å². The minimum atomic E-state index is -2.29. The third-order valence-corrected chi connectivity index (χ3v) is 4.27. The van der Waals surface area contributed by atoms with E-state index in [0.717, 1.165) is 12.0 Å². The van der Waals surface area contributed by atoms with Crippen molar-refractivity contribution in [2.75, 3.05) is 12.0 Å². The zero-order valence-electron chi connectivity index (χ0n) is 14.3. The summed E-state index contributed by atoms with van der Waals surface area (Å²) in [5.74, 6) is -11.5. The molecule has 1 aliphatic heterocycles. The van der Waals surface area contributed by atoms with Crippen molar-refractivity contribution < 1.29 is 31.5 Å². The van der Waals surface area contributed by atoms with Crippen molar-refractivity contribution in [2.24, 2.45) is 0 Å². The molecule has 3 rings (SSSR count). The first-order chi connectivity index (χ1) is 13.3. The fourth-order valence-corrected chi connectivity index (χ4v) is 2.76. The Bertz CT molecular complexity index is 905. The molecule has 5 nitrogen and oxygen atoms in total. The number of carbonyl (C=O) groups excluding carboxylic acids is 2. The van der Waals surface area contributed by atoms with Crippen LogP contribution in [0.1, 0.15) is 28.8 Å². The highest BCUT2D eigenvalue weighted by molar-refractivity contribution is 5.94. The average molecular weight is 399 g/mol. The lowest BCUT2D eigenvalue weighted by Gasteiger charge is -2.15. The van der Waals surface area contributed by atoms with E-state index in [1.807, 2.05) is 5.43 Å². The lowest BCUT2D eigenvalue weighted by Crippen LogP contribution is -2.31. The topological polar surface area (TPSA) is 61.4 Å². The van der Waals surface area contributed by atoms with E-state index in [4.69, 9.17) is 0 Å². The van der Waals surface area contributed by atoms with Crippen LogP contribution in [0.25, 0.3) is 0 Å². The molecule has 0 aromatic heterocycles. The van der Waals surface area contributed by atoms with E-state index in [2.05, 4.69) is 0 Å². The van der Waals surface area contributed by atoms with Gasteiger partial charge in [-0.3, -0.25) is 20.4 Å². The van der Waals surface area contributed by atoms with Crippen molar-refractivity contribution in [3.05, 3.63) is 64.5 Å². The normalized spacial score (nSPS) is 13.8.